The maximum Gasteiger partial charge on any atom is 0.295 e. The standard InChI is InChI=1S/C17H23N3O2/c1-11(2)10-20(17(21)16-18-14(5)22-19-16)13(4)15-9-7-6-8-12(15)3/h6-9,11,13H,10H2,1-5H3/t13-/m0/s1. The van der Waals surface area contributed by atoms with Crippen LogP contribution in [-0.4, -0.2) is 27.5 Å². The topological polar surface area (TPSA) is 59.2 Å². The van der Waals surface area contributed by atoms with Crippen molar-refractivity contribution in [2.45, 2.75) is 40.7 Å². The third-order valence-corrected chi connectivity index (χ3v) is 3.65. The van der Waals surface area contributed by atoms with Gasteiger partial charge in [0.2, 0.25) is 5.89 Å². The van der Waals surface area contributed by atoms with E-state index in [9.17, 15) is 4.79 Å². The van der Waals surface area contributed by atoms with E-state index in [2.05, 4.69) is 43.0 Å². The summed E-state index contributed by atoms with van der Waals surface area (Å²) in [5.74, 6) is 0.680. The predicted octanol–water partition coefficient (Wildman–Crippen LogP) is 3.55. The van der Waals surface area contributed by atoms with E-state index in [-0.39, 0.29) is 17.8 Å². The van der Waals surface area contributed by atoms with Crippen molar-refractivity contribution in [2.24, 2.45) is 5.92 Å². The van der Waals surface area contributed by atoms with Crippen molar-refractivity contribution in [3.63, 3.8) is 0 Å². The Labute approximate surface area is 131 Å². The van der Waals surface area contributed by atoms with Gasteiger partial charge in [-0.1, -0.05) is 43.3 Å². The van der Waals surface area contributed by atoms with Gasteiger partial charge in [0.15, 0.2) is 0 Å². The number of aromatic nitrogens is 2. The van der Waals surface area contributed by atoms with Gasteiger partial charge in [-0.3, -0.25) is 4.79 Å². The molecule has 5 heteroatoms. The fourth-order valence-electron chi connectivity index (χ4n) is 2.55. The zero-order chi connectivity index (χ0) is 16.3. The number of nitrogens with zero attached hydrogens (tertiary/aromatic N) is 3. The molecule has 5 nitrogen and oxygen atoms in total. The van der Waals surface area contributed by atoms with E-state index >= 15 is 0 Å². The van der Waals surface area contributed by atoms with Gasteiger partial charge in [0.1, 0.15) is 0 Å². The average Bonchev–Trinajstić information content (AvgIpc) is 2.90. The number of amides is 1. The van der Waals surface area contributed by atoms with Gasteiger partial charge in [-0.25, -0.2) is 0 Å². The minimum Gasteiger partial charge on any atom is -0.339 e. The zero-order valence-corrected chi connectivity index (χ0v) is 13.8. The van der Waals surface area contributed by atoms with Gasteiger partial charge in [-0.15, -0.1) is 0 Å². The molecule has 1 aromatic carbocycles. The third kappa shape index (κ3) is 3.53. The molecule has 0 fully saturated rings. The van der Waals surface area contributed by atoms with Crippen LogP contribution in [0.4, 0.5) is 0 Å². The van der Waals surface area contributed by atoms with E-state index < -0.39 is 0 Å². The summed E-state index contributed by atoms with van der Waals surface area (Å²) in [6.45, 7) is 10.6. The van der Waals surface area contributed by atoms with Crippen LogP contribution >= 0.6 is 0 Å². The van der Waals surface area contributed by atoms with E-state index in [1.54, 1.807) is 6.92 Å². The second kappa shape index (κ2) is 6.73. The molecule has 0 aliphatic carbocycles. The number of rotatable bonds is 5. The molecule has 0 saturated carbocycles. The molecule has 0 bridgehead atoms. The van der Waals surface area contributed by atoms with E-state index in [4.69, 9.17) is 4.52 Å². The molecule has 2 aromatic rings. The molecule has 1 atom stereocenters. The Morgan fingerprint density at radius 2 is 1.91 bits per heavy atom. The van der Waals surface area contributed by atoms with E-state index in [0.717, 1.165) is 5.56 Å². The summed E-state index contributed by atoms with van der Waals surface area (Å²) in [6.07, 6.45) is 0. The monoisotopic (exact) mass is 301 g/mol. The molecule has 0 unspecified atom stereocenters. The van der Waals surface area contributed by atoms with Crippen molar-refractivity contribution in [1.82, 2.24) is 15.0 Å². The zero-order valence-electron chi connectivity index (χ0n) is 13.8. The molecule has 1 aromatic heterocycles. The maximum absolute atomic E-state index is 12.8. The highest BCUT2D eigenvalue weighted by Crippen LogP contribution is 2.25. The number of hydrogen-bond donors (Lipinski definition) is 0. The van der Waals surface area contributed by atoms with Crippen molar-refractivity contribution in [2.75, 3.05) is 6.54 Å². The quantitative estimate of drug-likeness (QED) is 0.847. The summed E-state index contributed by atoms with van der Waals surface area (Å²) in [5, 5.41) is 3.77. The highest BCUT2D eigenvalue weighted by molar-refractivity contribution is 5.90. The first-order valence-corrected chi connectivity index (χ1v) is 7.57. The van der Waals surface area contributed by atoms with Gasteiger partial charge < -0.3 is 9.42 Å². The van der Waals surface area contributed by atoms with E-state index in [0.29, 0.717) is 18.4 Å². The number of aryl methyl sites for hydroxylation is 2. The van der Waals surface area contributed by atoms with Crippen molar-refractivity contribution in [3.8, 4) is 0 Å². The lowest BCUT2D eigenvalue weighted by Crippen LogP contribution is -2.37. The van der Waals surface area contributed by atoms with Gasteiger partial charge in [-0.2, -0.15) is 4.98 Å². The van der Waals surface area contributed by atoms with Gasteiger partial charge in [-0.05, 0) is 30.9 Å². The van der Waals surface area contributed by atoms with Gasteiger partial charge in [0.05, 0.1) is 6.04 Å². The minimum absolute atomic E-state index is 0.0464. The first-order chi connectivity index (χ1) is 10.4. The van der Waals surface area contributed by atoms with Crippen LogP contribution in [0.1, 0.15) is 54.4 Å². The van der Waals surface area contributed by atoms with Crippen molar-refractivity contribution in [3.05, 3.63) is 47.1 Å². The van der Waals surface area contributed by atoms with Crippen LogP contribution in [0.3, 0.4) is 0 Å². The van der Waals surface area contributed by atoms with Crippen LogP contribution in [0.15, 0.2) is 28.8 Å². The number of hydrogen-bond acceptors (Lipinski definition) is 4. The van der Waals surface area contributed by atoms with Crippen LogP contribution in [0, 0.1) is 19.8 Å². The molecule has 0 radical (unpaired) electrons. The summed E-state index contributed by atoms with van der Waals surface area (Å²) in [7, 11) is 0. The second-order valence-electron chi connectivity index (χ2n) is 6.02. The Hall–Kier alpha value is -2.17. The van der Waals surface area contributed by atoms with Gasteiger partial charge >= 0.3 is 0 Å². The van der Waals surface area contributed by atoms with Crippen molar-refractivity contribution in [1.29, 1.82) is 0 Å². The summed E-state index contributed by atoms with van der Waals surface area (Å²) in [5.41, 5.74) is 2.30. The Morgan fingerprint density at radius 3 is 2.45 bits per heavy atom. The van der Waals surface area contributed by atoms with Gasteiger partial charge in [0, 0.05) is 13.5 Å². The first-order valence-electron chi connectivity index (χ1n) is 7.57. The molecule has 0 aliphatic heterocycles. The van der Waals surface area contributed by atoms with Crippen LogP contribution in [0.25, 0.3) is 0 Å². The Bertz CT molecular complexity index is 649. The molecule has 0 saturated heterocycles. The summed E-state index contributed by atoms with van der Waals surface area (Å²) >= 11 is 0. The highest BCUT2D eigenvalue weighted by Gasteiger charge is 2.27. The fraction of sp³-hybridized carbons (Fsp3) is 0.471. The van der Waals surface area contributed by atoms with Crippen LogP contribution < -0.4 is 0 Å². The minimum atomic E-state index is -0.193. The molecule has 1 heterocycles. The average molecular weight is 301 g/mol. The molecule has 0 spiro atoms. The molecule has 0 aliphatic rings. The van der Waals surface area contributed by atoms with Gasteiger partial charge in [0.25, 0.3) is 11.7 Å². The van der Waals surface area contributed by atoms with Crippen molar-refractivity contribution < 1.29 is 9.32 Å². The Morgan fingerprint density at radius 1 is 1.23 bits per heavy atom. The number of carbonyl (C=O) groups excluding carboxylic acids is 1. The first kappa shape index (κ1) is 16.2. The molecule has 22 heavy (non-hydrogen) atoms. The SMILES string of the molecule is Cc1nc(C(=O)N(CC(C)C)[C@@H](C)c2ccccc2C)no1. The molecule has 118 valence electrons. The summed E-state index contributed by atoms with van der Waals surface area (Å²) in [6, 6.07) is 8.07. The molecule has 2 rings (SSSR count). The highest BCUT2D eigenvalue weighted by atomic mass is 16.5. The molecule has 1 amide bonds. The molecule has 0 N–H and O–H groups in total. The second-order valence-corrected chi connectivity index (χ2v) is 6.02. The van der Waals surface area contributed by atoms with E-state index in [1.165, 1.54) is 5.56 Å². The Kier molecular flexibility index (Phi) is 4.96. The normalized spacial score (nSPS) is 12.5. The predicted molar refractivity (Wildman–Crippen MR) is 84.5 cm³/mol. The summed E-state index contributed by atoms with van der Waals surface area (Å²) < 4.78 is 4.94. The van der Waals surface area contributed by atoms with Crippen LogP contribution in [0.5, 0.6) is 0 Å². The molecular weight excluding hydrogens is 278 g/mol. The lowest BCUT2D eigenvalue weighted by Gasteiger charge is -2.31. The number of carbonyl (C=O) groups is 1. The third-order valence-electron chi connectivity index (χ3n) is 3.65. The maximum atomic E-state index is 12.8. The van der Waals surface area contributed by atoms with Crippen molar-refractivity contribution >= 4 is 5.91 Å². The van der Waals surface area contributed by atoms with Crippen LogP contribution in [-0.2, 0) is 0 Å². The largest absolute Gasteiger partial charge is 0.339 e. The summed E-state index contributed by atoms with van der Waals surface area (Å²) in [4.78, 5) is 18.6. The fourth-order valence-corrected chi connectivity index (χ4v) is 2.55. The van der Waals surface area contributed by atoms with E-state index in [1.807, 2.05) is 24.0 Å². The Balaban J connectivity index is 2.33. The smallest absolute Gasteiger partial charge is 0.295 e. The molecular formula is C17H23N3O2. The lowest BCUT2D eigenvalue weighted by molar-refractivity contribution is 0.0649. The lowest BCUT2D eigenvalue weighted by atomic mass is 10.00. The van der Waals surface area contributed by atoms with Crippen LogP contribution in [0.2, 0.25) is 0 Å². The number of benzene rings is 1.